The van der Waals surface area contributed by atoms with Crippen LogP contribution in [0.5, 0.6) is 0 Å². The normalized spacial score (nSPS) is 10.4. The van der Waals surface area contributed by atoms with Gasteiger partial charge in [-0.25, -0.2) is 4.68 Å². The maximum atomic E-state index is 11.6. The van der Waals surface area contributed by atoms with Gasteiger partial charge in [0.1, 0.15) is 5.69 Å². The molecule has 1 aromatic carbocycles. The third-order valence-corrected chi connectivity index (χ3v) is 2.51. The number of halogens is 1. The predicted molar refractivity (Wildman–Crippen MR) is 61.4 cm³/mol. The number of para-hydroxylation sites is 1. The molecule has 0 bridgehead atoms. The van der Waals surface area contributed by atoms with E-state index in [1.54, 1.807) is 24.3 Å². The third-order valence-electron chi connectivity index (χ3n) is 2.19. The Morgan fingerprint density at radius 3 is 2.62 bits per heavy atom. The summed E-state index contributed by atoms with van der Waals surface area (Å²) in [5.74, 6) is -0.192. The Kier molecular flexibility index (Phi) is 2.66. The van der Waals surface area contributed by atoms with Gasteiger partial charge in [-0.3, -0.25) is 14.7 Å². The number of Topliss-reactive ketones (excluding diaryl/α,β-unsaturated/α-hetero) is 1. The molecule has 0 aliphatic rings. The quantitative estimate of drug-likeness (QED) is 0.811. The van der Waals surface area contributed by atoms with Gasteiger partial charge in [0.05, 0.1) is 10.7 Å². The molecule has 4 nitrogen and oxygen atoms in total. The Hall–Kier alpha value is -1.81. The first-order valence-electron chi connectivity index (χ1n) is 4.67. The Morgan fingerprint density at radius 2 is 2.06 bits per heavy atom. The first-order chi connectivity index (χ1) is 7.59. The highest BCUT2D eigenvalue weighted by molar-refractivity contribution is 6.32. The summed E-state index contributed by atoms with van der Waals surface area (Å²) in [6.45, 7) is 1.39. The van der Waals surface area contributed by atoms with Crippen LogP contribution < -0.4 is 5.56 Å². The fourth-order valence-corrected chi connectivity index (χ4v) is 1.61. The molecular weight excluding hydrogens is 228 g/mol. The molecule has 2 aromatic rings. The van der Waals surface area contributed by atoms with Crippen LogP contribution in [0.2, 0.25) is 5.02 Å². The van der Waals surface area contributed by atoms with Gasteiger partial charge in [0.25, 0.3) is 5.56 Å². The number of nitrogens with one attached hydrogen (secondary N) is 1. The van der Waals surface area contributed by atoms with E-state index in [-0.39, 0.29) is 17.0 Å². The van der Waals surface area contributed by atoms with Crippen molar-refractivity contribution in [3.8, 4) is 5.69 Å². The van der Waals surface area contributed by atoms with Gasteiger partial charge >= 0.3 is 0 Å². The second kappa shape index (κ2) is 3.98. The molecule has 0 saturated heterocycles. The molecule has 82 valence electrons. The van der Waals surface area contributed by atoms with Crippen molar-refractivity contribution < 1.29 is 4.79 Å². The van der Waals surface area contributed by atoms with E-state index in [9.17, 15) is 9.59 Å². The minimum Gasteiger partial charge on any atom is -0.293 e. The molecule has 0 aliphatic heterocycles. The average Bonchev–Trinajstić information content (AvgIpc) is 2.61. The van der Waals surface area contributed by atoms with E-state index in [2.05, 4.69) is 5.10 Å². The van der Waals surface area contributed by atoms with E-state index >= 15 is 0 Å². The van der Waals surface area contributed by atoms with Crippen LogP contribution in [0.15, 0.2) is 35.1 Å². The van der Waals surface area contributed by atoms with Crippen LogP contribution >= 0.6 is 11.6 Å². The van der Waals surface area contributed by atoms with Crippen molar-refractivity contribution in [2.75, 3.05) is 0 Å². The number of rotatable bonds is 2. The van der Waals surface area contributed by atoms with Crippen LogP contribution in [-0.4, -0.2) is 15.6 Å². The van der Waals surface area contributed by atoms with Crippen molar-refractivity contribution in [1.29, 1.82) is 0 Å². The zero-order valence-electron chi connectivity index (χ0n) is 8.53. The van der Waals surface area contributed by atoms with Crippen molar-refractivity contribution >= 4 is 17.4 Å². The lowest BCUT2D eigenvalue weighted by atomic mass is 10.3. The number of benzene rings is 1. The van der Waals surface area contributed by atoms with E-state index < -0.39 is 0 Å². The van der Waals surface area contributed by atoms with Gasteiger partial charge in [-0.2, -0.15) is 0 Å². The summed E-state index contributed by atoms with van der Waals surface area (Å²) in [4.78, 5) is 22.7. The number of hydrogen-bond acceptors (Lipinski definition) is 2. The number of aromatic nitrogens is 2. The summed E-state index contributed by atoms with van der Waals surface area (Å²) < 4.78 is 1.25. The maximum Gasteiger partial charge on any atom is 0.271 e. The van der Waals surface area contributed by atoms with Crippen molar-refractivity contribution in [1.82, 2.24) is 9.78 Å². The molecule has 0 aliphatic carbocycles. The van der Waals surface area contributed by atoms with Gasteiger partial charge in [0.15, 0.2) is 5.78 Å². The summed E-state index contributed by atoms with van der Waals surface area (Å²) in [5, 5.41) is 3.15. The van der Waals surface area contributed by atoms with Crippen LogP contribution in [0.3, 0.4) is 0 Å². The standard InChI is InChI=1S/C11H9ClN2O2/c1-7(15)9-6-11(16)14(13-9)10-5-3-2-4-8(10)12/h2-6,13H,1H3. The molecule has 0 radical (unpaired) electrons. The van der Waals surface area contributed by atoms with E-state index in [0.717, 1.165) is 0 Å². The predicted octanol–water partition coefficient (Wildman–Crippen LogP) is 2.02. The molecular formula is C11H9ClN2O2. The molecule has 0 atom stereocenters. The number of ketones is 1. The lowest BCUT2D eigenvalue weighted by Crippen LogP contribution is -2.13. The second-order valence-electron chi connectivity index (χ2n) is 3.35. The molecule has 0 amide bonds. The average molecular weight is 237 g/mol. The third kappa shape index (κ3) is 1.79. The van der Waals surface area contributed by atoms with Gasteiger partial charge in [0.2, 0.25) is 0 Å². The van der Waals surface area contributed by atoms with Crippen LogP contribution in [0.25, 0.3) is 5.69 Å². The van der Waals surface area contributed by atoms with Crippen LogP contribution in [0.1, 0.15) is 17.4 Å². The number of nitrogens with zero attached hydrogens (tertiary/aromatic N) is 1. The van der Waals surface area contributed by atoms with Gasteiger partial charge in [0, 0.05) is 13.0 Å². The molecule has 16 heavy (non-hydrogen) atoms. The fourth-order valence-electron chi connectivity index (χ4n) is 1.39. The SMILES string of the molecule is CC(=O)c1cc(=O)n(-c2ccccc2Cl)[nH]1. The molecule has 0 saturated carbocycles. The monoisotopic (exact) mass is 236 g/mol. The zero-order valence-corrected chi connectivity index (χ0v) is 9.28. The summed E-state index contributed by atoms with van der Waals surface area (Å²) in [6.07, 6.45) is 0. The van der Waals surface area contributed by atoms with E-state index in [1.165, 1.54) is 17.7 Å². The molecule has 0 unspecified atom stereocenters. The van der Waals surface area contributed by atoms with Crippen molar-refractivity contribution in [3.05, 3.63) is 51.4 Å². The molecule has 2 rings (SSSR count). The zero-order chi connectivity index (χ0) is 11.7. The van der Waals surface area contributed by atoms with Crippen LogP contribution in [-0.2, 0) is 0 Å². The van der Waals surface area contributed by atoms with E-state index in [1.807, 2.05) is 0 Å². The minimum absolute atomic E-state index is 0.192. The largest absolute Gasteiger partial charge is 0.293 e. The summed E-state index contributed by atoms with van der Waals surface area (Å²) in [7, 11) is 0. The van der Waals surface area contributed by atoms with Gasteiger partial charge < -0.3 is 0 Å². The van der Waals surface area contributed by atoms with Crippen molar-refractivity contribution in [2.45, 2.75) is 6.92 Å². The molecule has 1 aromatic heterocycles. The van der Waals surface area contributed by atoms with E-state index in [0.29, 0.717) is 10.7 Å². The lowest BCUT2D eigenvalue weighted by Gasteiger charge is -2.03. The number of aromatic amines is 1. The number of carbonyl (C=O) groups excluding carboxylic acids is 1. The summed E-state index contributed by atoms with van der Waals surface area (Å²) >= 11 is 5.95. The molecule has 1 N–H and O–H groups in total. The molecule has 0 fully saturated rings. The highest BCUT2D eigenvalue weighted by atomic mass is 35.5. The second-order valence-corrected chi connectivity index (χ2v) is 3.76. The first kappa shape index (κ1) is 10.7. The van der Waals surface area contributed by atoms with E-state index in [4.69, 9.17) is 11.6 Å². The van der Waals surface area contributed by atoms with Crippen molar-refractivity contribution in [3.63, 3.8) is 0 Å². The smallest absolute Gasteiger partial charge is 0.271 e. The van der Waals surface area contributed by atoms with Crippen molar-refractivity contribution in [2.24, 2.45) is 0 Å². The van der Waals surface area contributed by atoms with Crippen LogP contribution in [0, 0.1) is 0 Å². The van der Waals surface area contributed by atoms with Gasteiger partial charge in [-0.15, -0.1) is 0 Å². The van der Waals surface area contributed by atoms with Gasteiger partial charge in [-0.05, 0) is 12.1 Å². The van der Waals surface area contributed by atoms with Gasteiger partial charge in [-0.1, -0.05) is 23.7 Å². The number of hydrogen-bond donors (Lipinski definition) is 1. The minimum atomic E-state index is -0.307. The Bertz CT molecular complexity index is 598. The molecule has 0 spiro atoms. The topological polar surface area (TPSA) is 54.9 Å². The fraction of sp³-hybridized carbons (Fsp3) is 0.0909. The maximum absolute atomic E-state index is 11.6. The summed E-state index contributed by atoms with van der Waals surface area (Å²) in [5.41, 5.74) is 0.491. The molecule has 5 heteroatoms. The molecule has 1 heterocycles. The Balaban J connectivity index is 2.61. The Labute approximate surface area is 96.5 Å². The lowest BCUT2D eigenvalue weighted by molar-refractivity contribution is 0.101. The first-order valence-corrected chi connectivity index (χ1v) is 5.05. The number of carbonyl (C=O) groups is 1. The van der Waals surface area contributed by atoms with Crippen LogP contribution in [0.4, 0.5) is 0 Å². The highest BCUT2D eigenvalue weighted by Gasteiger charge is 2.09. The Morgan fingerprint density at radius 1 is 1.38 bits per heavy atom. The number of H-pyrrole nitrogens is 1. The summed E-state index contributed by atoms with van der Waals surface area (Å²) in [6, 6.07) is 8.17. The highest BCUT2D eigenvalue weighted by Crippen LogP contribution is 2.17.